The number of carboxylic acids is 1. The van der Waals surface area contributed by atoms with Crippen LogP contribution in [-0.4, -0.2) is 113 Å². The van der Waals surface area contributed by atoms with E-state index in [-0.39, 0.29) is 54.5 Å². The number of ether oxygens (including phenoxy) is 3. The Hall–Kier alpha value is -7.00. The number of hydrogen-bond donors (Lipinski definition) is 3. The topological polar surface area (TPSA) is 235 Å². The highest BCUT2D eigenvalue weighted by Crippen LogP contribution is 2.42. The second-order valence-electron chi connectivity index (χ2n) is 22.5. The molecule has 20 heteroatoms. The Labute approximate surface area is 459 Å². The largest absolute Gasteiger partial charge is 0.481 e. The Kier molecular flexibility index (Phi) is 18.4. The summed E-state index contributed by atoms with van der Waals surface area (Å²) in [5.41, 5.74) is 9.84. The average Bonchev–Trinajstić information content (AvgIpc) is 4.08. The average molecular weight is 1090 g/mol. The first kappa shape index (κ1) is 58.2. The lowest BCUT2D eigenvalue weighted by molar-refractivity contribution is -0.290. The molecule has 4 atom stereocenters. The third-order valence-corrected chi connectivity index (χ3v) is 13.8. The van der Waals surface area contributed by atoms with E-state index in [1.54, 1.807) is 29.0 Å². The Morgan fingerprint density at radius 3 is 1.72 bits per heavy atom. The molecule has 1 saturated heterocycles. The lowest BCUT2D eigenvalue weighted by atomic mass is 9.86. The normalized spacial score (nSPS) is 18.1. The van der Waals surface area contributed by atoms with Gasteiger partial charge in [0.15, 0.2) is 5.79 Å². The molecule has 18 nitrogen and oxygen atoms in total. The van der Waals surface area contributed by atoms with E-state index in [2.05, 4.69) is 51.0 Å². The molecule has 3 aliphatic rings. The Balaban J connectivity index is 0.000000211. The number of aryl methyl sites for hydroxylation is 2. The van der Waals surface area contributed by atoms with Crippen molar-refractivity contribution in [2.45, 2.75) is 187 Å². The highest BCUT2D eigenvalue weighted by molar-refractivity contribution is 5.85. The lowest BCUT2D eigenvalue weighted by Gasteiger charge is -2.40. The van der Waals surface area contributed by atoms with Gasteiger partial charge in [0.05, 0.1) is 48.6 Å². The second kappa shape index (κ2) is 25.0. The standard InChI is InChI=1S/C33H42FN5O4.C26H30FN5O4/c1-20(2)29-26(16-15-23-18-24(42-33(6,7)41-23)19-27(40)43-32(3,4)5)28(21-11-13-22(34)14-12-21)25-10-8-9-17-39-31(30(25)35-29)36-37-38-39;1-15(2)24-21(11-10-18(33)13-19(34)14-22(35)36)23(16-6-8-17(27)9-7-16)20-5-3-4-12-32-26(25(20)28-24)29-30-31-32/h11-16,20,23-24H,8-10,17-19H2,1-7H3;6-11,15,18-19,33-34H,3-5,12-14H2,1-2H3,(H,35,36)/b16-15+;11-10+/t23-,24-;18-,19-/m11/s1. The number of carboxylic acid groups (broad SMARTS) is 1. The van der Waals surface area contributed by atoms with Crippen molar-refractivity contribution in [2.75, 3.05) is 0 Å². The molecule has 0 amide bonds. The van der Waals surface area contributed by atoms with E-state index < -0.39 is 36.0 Å². The molecule has 79 heavy (non-hydrogen) atoms. The van der Waals surface area contributed by atoms with Gasteiger partial charge < -0.3 is 29.5 Å². The molecule has 4 aromatic heterocycles. The van der Waals surface area contributed by atoms with Crippen LogP contribution in [0.25, 0.3) is 57.4 Å². The zero-order valence-corrected chi connectivity index (χ0v) is 46.5. The van der Waals surface area contributed by atoms with Gasteiger partial charge in [-0.05, 0) is 163 Å². The second-order valence-corrected chi connectivity index (χ2v) is 22.5. The summed E-state index contributed by atoms with van der Waals surface area (Å²) < 4.78 is 49.5. The molecular weight excluding hydrogens is 1010 g/mol. The van der Waals surface area contributed by atoms with Crippen LogP contribution < -0.4 is 0 Å². The van der Waals surface area contributed by atoms with E-state index in [1.807, 2.05) is 71.4 Å². The minimum atomic E-state index is -1.17. The van der Waals surface area contributed by atoms with Crippen LogP contribution >= 0.6 is 0 Å². The van der Waals surface area contributed by atoms with E-state index in [4.69, 9.17) is 29.3 Å². The first-order valence-electron chi connectivity index (χ1n) is 27.2. The van der Waals surface area contributed by atoms with Crippen molar-refractivity contribution in [3.05, 3.63) is 106 Å². The van der Waals surface area contributed by atoms with Crippen LogP contribution in [0.2, 0.25) is 0 Å². The molecule has 0 radical (unpaired) electrons. The van der Waals surface area contributed by atoms with Crippen LogP contribution in [-0.2, 0) is 49.7 Å². The number of aliphatic hydroxyl groups excluding tert-OH is 2. The number of benzene rings is 2. The molecule has 9 rings (SSSR count). The molecule has 0 saturated carbocycles. The van der Waals surface area contributed by atoms with Crippen LogP contribution in [0.3, 0.4) is 0 Å². The van der Waals surface area contributed by atoms with E-state index in [9.17, 15) is 28.6 Å². The molecule has 6 aromatic rings. The highest BCUT2D eigenvalue weighted by atomic mass is 19.1. The summed E-state index contributed by atoms with van der Waals surface area (Å²) in [7, 11) is 0. The molecule has 0 bridgehead atoms. The van der Waals surface area contributed by atoms with Gasteiger partial charge in [0, 0.05) is 37.1 Å². The van der Waals surface area contributed by atoms with Gasteiger partial charge in [-0.15, -0.1) is 10.2 Å². The number of fused-ring (bicyclic) bond motifs is 6. The van der Waals surface area contributed by atoms with Crippen LogP contribution in [0.4, 0.5) is 8.78 Å². The Morgan fingerprint density at radius 1 is 0.759 bits per heavy atom. The fourth-order valence-corrected chi connectivity index (χ4v) is 10.5. The minimum absolute atomic E-state index is 0.00124. The highest BCUT2D eigenvalue weighted by Gasteiger charge is 2.37. The first-order chi connectivity index (χ1) is 37.5. The maximum atomic E-state index is 14.1. The predicted octanol–water partition coefficient (Wildman–Crippen LogP) is 10.3. The summed E-state index contributed by atoms with van der Waals surface area (Å²) in [4.78, 5) is 33.7. The molecule has 0 spiro atoms. The number of aromatic nitrogens is 10. The van der Waals surface area contributed by atoms with Crippen molar-refractivity contribution < 1.29 is 47.9 Å². The lowest BCUT2D eigenvalue weighted by Crippen LogP contribution is -2.45. The molecule has 0 unspecified atom stereocenters. The van der Waals surface area contributed by atoms with Crippen LogP contribution in [0.1, 0.15) is 159 Å². The van der Waals surface area contributed by atoms with Gasteiger partial charge in [-0.3, -0.25) is 9.59 Å². The predicted molar refractivity (Wildman–Crippen MR) is 293 cm³/mol. The minimum Gasteiger partial charge on any atom is -0.481 e. The number of halogens is 2. The Morgan fingerprint density at radius 2 is 1.25 bits per heavy atom. The molecule has 3 aliphatic heterocycles. The molecule has 420 valence electrons. The van der Waals surface area contributed by atoms with Gasteiger partial charge in [0.2, 0.25) is 11.6 Å². The first-order valence-corrected chi connectivity index (χ1v) is 27.2. The number of esters is 1. The summed E-state index contributed by atoms with van der Waals surface area (Å²) in [6, 6.07) is 12.9. The number of pyridine rings is 2. The number of aliphatic carboxylic acids is 1. The van der Waals surface area contributed by atoms with Gasteiger partial charge >= 0.3 is 11.9 Å². The maximum absolute atomic E-state index is 14.1. The van der Waals surface area contributed by atoms with Gasteiger partial charge in [-0.1, -0.05) is 76.3 Å². The summed E-state index contributed by atoms with van der Waals surface area (Å²) in [6.45, 7) is 18.9. The molecule has 1 fully saturated rings. The third-order valence-electron chi connectivity index (χ3n) is 13.8. The smallest absolute Gasteiger partial charge is 0.308 e. The number of rotatable bonds is 14. The van der Waals surface area contributed by atoms with Gasteiger partial charge in [0.25, 0.3) is 0 Å². The van der Waals surface area contributed by atoms with Crippen molar-refractivity contribution in [3.8, 4) is 45.3 Å². The van der Waals surface area contributed by atoms with Crippen molar-refractivity contribution in [3.63, 3.8) is 0 Å². The molecular formula is C59H72F2N10O8. The van der Waals surface area contributed by atoms with E-state index >= 15 is 0 Å². The molecule has 7 heterocycles. The summed E-state index contributed by atoms with van der Waals surface area (Å²) in [5, 5.41) is 54.1. The molecule has 2 aromatic carbocycles. The number of hydrogen-bond acceptors (Lipinski definition) is 15. The van der Waals surface area contributed by atoms with Crippen molar-refractivity contribution in [2.24, 2.45) is 0 Å². The Bertz CT molecular complexity index is 3170. The number of carbonyl (C=O) groups is 2. The SMILES string of the molecule is CC(C)c1nc2c(c(-c3ccc(F)cc3)c1/C=C/[C@@H](O)C[C@@H](O)CC(=O)O)CCCCn1nnnc1-2.CC(C)c1nc2c(c(-c3ccc(F)cc3)c1/C=C/[C@@H]1C[C@H](CC(=O)OC(C)(C)C)OC(C)(C)O1)CCCCn1nnnc1-2. The van der Waals surface area contributed by atoms with Crippen LogP contribution in [0.15, 0.2) is 60.7 Å². The zero-order valence-electron chi connectivity index (χ0n) is 46.5. The number of nitrogens with zero attached hydrogens (tertiary/aromatic N) is 10. The molecule has 0 aliphatic carbocycles. The van der Waals surface area contributed by atoms with E-state index in [1.165, 1.54) is 24.3 Å². The zero-order chi connectivity index (χ0) is 56.8. The van der Waals surface area contributed by atoms with Gasteiger partial charge in [0.1, 0.15) is 28.6 Å². The number of aliphatic hydroxyl groups is 2. The quantitative estimate of drug-likeness (QED) is 0.0860. The fraction of sp³-hybridized carbons (Fsp3) is 0.492. The number of tetrazole rings is 2. The summed E-state index contributed by atoms with van der Waals surface area (Å²) >= 11 is 0. The van der Waals surface area contributed by atoms with Crippen molar-refractivity contribution in [1.29, 1.82) is 0 Å². The van der Waals surface area contributed by atoms with Gasteiger partial charge in [-0.2, -0.15) is 0 Å². The van der Waals surface area contributed by atoms with Crippen LogP contribution in [0.5, 0.6) is 0 Å². The maximum Gasteiger partial charge on any atom is 0.308 e. The third kappa shape index (κ3) is 14.6. The van der Waals surface area contributed by atoms with Gasteiger partial charge in [-0.25, -0.2) is 28.1 Å². The number of carbonyl (C=O) groups excluding carboxylic acids is 1. The van der Waals surface area contributed by atoms with Crippen molar-refractivity contribution >= 4 is 24.1 Å². The molecule has 3 N–H and O–H groups in total. The fourth-order valence-electron chi connectivity index (χ4n) is 10.5. The van der Waals surface area contributed by atoms with Crippen LogP contribution in [0, 0.1) is 11.6 Å². The summed E-state index contributed by atoms with van der Waals surface area (Å²) in [5.74, 6) is -1.65. The van der Waals surface area contributed by atoms with E-state index in [0.29, 0.717) is 30.3 Å². The monoisotopic (exact) mass is 1090 g/mol. The summed E-state index contributed by atoms with van der Waals surface area (Å²) in [6.07, 6.45) is 9.74. The van der Waals surface area contributed by atoms with E-state index in [0.717, 1.165) is 107 Å². The van der Waals surface area contributed by atoms with Crippen molar-refractivity contribution in [1.82, 2.24) is 50.4 Å².